The third-order valence-electron chi connectivity index (χ3n) is 8.40. The van der Waals surface area contributed by atoms with Crippen LogP contribution in [-0.2, 0) is 50.7 Å². The maximum absolute atomic E-state index is 12.5. The van der Waals surface area contributed by atoms with Gasteiger partial charge in [-0.15, -0.1) is 0 Å². The molecule has 0 saturated carbocycles. The number of imidazole rings is 1. The smallest absolute Gasteiger partial charge is 0.274 e. The summed E-state index contributed by atoms with van der Waals surface area (Å²) in [6.45, 7) is 4.45. The highest BCUT2D eigenvalue weighted by Crippen LogP contribution is 2.56. The number of hydrogen-bond acceptors (Lipinski definition) is 22. The van der Waals surface area contributed by atoms with Gasteiger partial charge in [-0.2, -0.15) is 0 Å². The molecule has 0 aromatic carbocycles. The maximum Gasteiger partial charge on any atom is 0.274 e. The molecule has 0 radical (unpaired) electrons. The van der Waals surface area contributed by atoms with Gasteiger partial charge in [0.2, 0.25) is 11.8 Å². The van der Waals surface area contributed by atoms with Crippen molar-refractivity contribution in [3.8, 4) is 0 Å². The monoisotopic (exact) mass is 903 g/mol. The second-order valence-electron chi connectivity index (χ2n) is 14.2. The van der Waals surface area contributed by atoms with Gasteiger partial charge < -0.3 is 69.0 Å². The van der Waals surface area contributed by atoms with Crippen molar-refractivity contribution in [2.75, 3.05) is 37.8 Å². The number of aliphatic hydroxyl groups excluding tert-OH is 2. The number of carbonyl (C=O) groups excluding carboxylic acids is 3. The number of nitrogens with zero attached hydrogens (tertiary/aromatic N) is 4. The van der Waals surface area contributed by atoms with Crippen molar-refractivity contribution in [3.63, 3.8) is 0 Å². The molecule has 2 aromatic heterocycles. The Labute approximate surface area is 337 Å². The largest absolute Gasteiger partial charge is 0.790 e. The predicted molar refractivity (Wildman–Crippen MR) is 196 cm³/mol. The van der Waals surface area contributed by atoms with Crippen LogP contribution in [0.25, 0.3) is 11.2 Å². The van der Waals surface area contributed by atoms with E-state index in [9.17, 15) is 57.9 Å². The number of nitrogens with two attached hydrogens (primary N) is 1. The van der Waals surface area contributed by atoms with Gasteiger partial charge in [-0.25, -0.2) is 19.3 Å². The summed E-state index contributed by atoms with van der Waals surface area (Å²) >= 11 is 1.12. The number of amides is 2. The number of anilines is 1. The van der Waals surface area contributed by atoms with Crippen molar-refractivity contribution in [2.45, 2.75) is 96.9 Å². The van der Waals surface area contributed by atoms with Crippen LogP contribution in [0.4, 0.5) is 5.82 Å². The first-order valence-electron chi connectivity index (χ1n) is 17.9. The van der Waals surface area contributed by atoms with Gasteiger partial charge in [0, 0.05) is 37.1 Å². The van der Waals surface area contributed by atoms with Gasteiger partial charge in [-0.05, 0) is 12.3 Å². The summed E-state index contributed by atoms with van der Waals surface area (Å²) < 4.78 is 60.6. The molecule has 24 nitrogen and oxygen atoms in total. The van der Waals surface area contributed by atoms with Crippen LogP contribution in [0.5, 0.6) is 0 Å². The van der Waals surface area contributed by atoms with E-state index in [0.29, 0.717) is 18.1 Å². The van der Waals surface area contributed by atoms with Crippen LogP contribution in [0.1, 0.15) is 72.4 Å². The van der Waals surface area contributed by atoms with E-state index < -0.39 is 84.6 Å². The number of carbonyl (C=O) groups is 3. The van der Waals surface area contributed by atoms with Crippen molar-refractivity contribution < 1.29 is 80.5 Å². The van der Waals surface area contributed by atoms with Gasteiger partial charge in [-0.3, -0.25) is 28.1 Å². The molecule has 6 N–H and O–H groups in total. The van der Waals surface area contributed by atoms with E-state index in [0.717, 1.165) is 54.7 Å². The second-order valence-corrected chi connectivity index (χ2v) is 19.4. The van der Waals surface area contributed by atoms with Crippen molar-refractivity contribution in [2.24, 2.45) is 11.3 Å². The van der Waals surface area contributed by atoms with Gasteiger partial charge in [0.05, 0.1) is 27.4 Å². The first-order chi connectivity index (χ1) is 26.9. The molecular formula is C30H48N7O17P3S-4. The Balaban J connectivity index is 1.44. The topological polar surface area (TPSA) is 375 Å². The van der Waals surface area contributed by atoms with Crippen LogP contribution in [0.15, 0.2) is 12.7 Å². The van der Waals surface area contributed by atoms with Gasteiger partial charge in [0.1, 0.15) is 36.3 Å². The molecule has 2 amide bonds. The zero-order valence-electron chi connectivity index (χ0n) is 32.0. The first kappa shape index (κ1) is 49.9. The van der Waals surface area contributed by atoms with Gasteiger partial charge in [0.25, 0.3) is 15.6 Å². The van der Waals surface area contributed by atoms with Crippen molar-refractivity contribution in [3.05, 3.63) is 12.7 Å². The number of nitrogen functional groups attached to an aromatic ring is 1. The highest BCUT2D eigenvalue weighted by Gasteiger charge is 2.47. The number of phosphoric acid groups is 3. The summed E-state index contributed by atoms with van der Waals surface area (Å²) in [6.07, 6.45) is -3.10. The third-order valence-corrected chi connectivity index (χ3v) is 12.3. The van der Waals surface area contributed by atoms with Crippen LogP contribution in [0.2, 0.25) is 0 Å². The minimum Gasteiger partial charge on any atom is -0.790 e. The van der Waals surface area contributed by atoms with E-state index in [1.807, 2.05) is 0 Å². The molecule has 1 saturated heterocycles. The van der Waals surface area contributed by atoms with E-state index in [2.05, 4.69) is 57.3 Å². The molecule has 28 heteroatoms. The summed E-state index contributed by atoms with van der Waals surface area (Å²) in [7, 11) is -17.6. The number of rotatable bonds is 25. The average molecular weight is 904 g/mol. The van der Waals surface area contributed by atoms with E-state index in [1.165, 1.54) is 13.8 Å². The maximum atomic E-state index is 12.5. The summed E-state index contributed by atoms with van der Waals surface area (Å²) in [6, 6.07) is 0. The summed E-state index contributed by atoms with van der Waals surface area (Å²) in [5, 5.41) is 26.3. The summed E-state index contributed by atoms with van der Waals surface area (Å²) in [5.74, 6) is -0.522. The number of aliphatic hydroxyl groups is 2. The van der Waals surface area contributed by atoms with Gasteiger partial charge in [-0.1, -0.05) is 58.7 Å². The Morgan fingerprint density at radius 3 is 2.38 bits per heavy atom. The molecular weight excluding hydrogens is 855 g/mol. The number of fused-ring (bicyclic) bond motifs is 1. The Hall–Kier alpha value is -2.44. The Morgan fingerprint density at radius 2 is 1.71 bits per heavy atom. The number of unbranched alkanes of at least 4 members (excludes halogenated alkanes) is 2. The fourth-order valence-electron chi connectivity index (χ4n) is 5.34. The van der Waals surface area contributed by atoms with Crippen molar-refractivity contribution >= 4 is 69.1 Å². The third kappa shape index (κ3) is 16.2. The number of nitrogens with one attached hydrogen (secondary N) is 2. The second kappa shape index (κ2) is 21.9. The highest BCUT2D eigenvalue weighted by atomic mass is 32.2. The van der Waals surface area contributed by atoms with Crippen molar-refractivity contribution in [1.29, 1.82) is 0 Å². The molecule has 1 aliphatic rings. The fraction of sp³-hybridized carbons (Fsp3) is 0.733. The van der Waals surface area contributed by atoms with E-state index in [1.54, 1.807) is 0 Å². The minimum atomic E-state index is -5.91. The number of thioether (sulfide) groups is 1. The molecule has 3 rings (SSSR count). The van der Waals surface area contributed by atoms with Gasteiger partial charge in [0.15, 0.2) is 22.8 Å². The molecule has 2 unspecified atom stereocenters. The molecule has 1 aliphatic heterocycles. The average Bonchev–Trinajstić information content (AvgIpc) is 3.67. The number of phosphoric ester groups is 3. The quantitative estimate of drug-likeness (QED) is 0.0573. The van der Waals surface area contributed by atoms with Crippen LogP contribution < -0.4 is 35.9 Å². The number of aromatic nitrogens is 4. The zero-order chi connectivity index (χ0) is 43.5. The van der Waals surface area contributed by atoms with Gasteiger partial charge >= 0.3 is 0 Å². The molecule has 3 heterocycles. The molecule has 1 fully saturated rings. The van der Waals surface area contributed by atoms with Crippen LogP contribution in [0, 0.1) is 11.3 Å². The number of hydrogen-bond donors (Lipinski definition) is 5. The molecule has 0 spiro atoms. The van der Waals surface area contributed by atoms with Crippen molar-refractivity contribution in [1.82, 2.24) is 30.2 Å². The highest BCUT2D eigenvalue weighted by molar-refractivity contribution is 8.13. The minimum absolute atomic E-state index is 0.0195. The Kier molecular flexibility index (Phi) is 18.8. The molecule has 58 heavy (non-hydrogen) atoms. The lowest BCUT2D eigenvalue weighted by Gasteiger charge is -2.36. The van der Waals surface area contributed by atoms with Crippen LogP contribution in [0.3, 0.4) is 0 Å². The number of ether oxygens (including phenoxy) is 1. The molecule has 7 atom stereocenters. The molecule has 0 bridgehead atoms. The summed E-state index contributed by atoms with van der Waals surface area (Å²) in [4.78, 5) is 96.2. The van der Waals surface area contributed by atoms with E-state index >= 15 is 0 Å². The van der Waals surface area contributed by atoms with E-state index in [-0.39, 0.29) is 41.6 Å². The lowest BCUT2D eigenvalue weighted by Crippen LogP contribution is -2.46. The molecule has 330 valence electrons. The lowest BCUT2D eigenvalue weighted by atomic mass is 9.87. The molecule has 2 aromatic rings. The first-order valence-corrected chi connectivity index (χ1v) is 23.3. The van der Waals surface area contributed by atoms with Crippen LogP contribution >= 0.6 is 35.2 Å². The summed E-state index contributed by atoms with van der Waals surface area (Å²) in [5.41, 5.74) is 4.08. The predicted octanol–water partition coefficient (Wildman–Crippen LogP) is -1.26. The van der Waals surface area contributed by atoms with E-state index in [4.69, 9.17) is 10.5 Å². The standard InChI is InChI=1S/C30H52N7O17P3S/c1-18(2)8-6-5-7-9-21(39)58-13-12-32-20(38)10-11-33-28(42)25(41)30(3,4)15-51-57(48,49)54-56(46,47)50-14-19-24(53-55(43,44)45)23(40)29(52-19)37-17-36-22-26(31)34-16-35-27(22)37/h16-19,23-25,29,40-41H,5-15H2,1-4H3,(H,32,38)(H,33,42)(H,46,47)(H,48,49)(H2,31,34,35)(H2,43,44,45)/p-4/t19-,23-,24-,25+,29-/m1/s1. The lowest BCUT2D eigenvalue weighted by molar-refractivity contribution is -0.347. The zero-order valence-corrected chi connectivity index (χ0v) is 35.5. The SMILES string of the molecule is CC(C)CCCCCC(=O)SCCNC(=O)CCNC(=O)[C@H](O)C(C)(C)COP(=O)([O-])OP(=O)([O-])OC[C@H]1O[C@@H](n2cnc3c(N)ncnc32)[C@H](O)[C@@H]1OP(=O)([O-])[O-]. The fourth-order valence-corrected chi connectivity index (χ4v) is 8.80. The normalized spacial score (nSPS) is 21.4. The Morgan fingerprint density at radius 1 is 1.02 bits per heavy atom. The molecule has 0 aliphatic carbocycles. The Bertz CT molecular complexity index is 1850. The van der Waals surface area contributed by atoms with Crippen LogP contribution in [-0.4, -0.2) is 103 Å².